The van der Waals surface area contributed by atoms with Crippen molar-refractivity contribution in [3.05, 3.63) is 28.3 Å². The maximum absolute atomic E-state index is 12.4. The lowest BCUT2D eigenvalue weighted by Gasteiger charge is -2.19. The summed E-state index contributed by atoms with van der Waals surface area (Å²) >= 11 is 1.14. The number of anilines is 1. The van der Waals surface area contributed by atoms with Gasteiger partial charge in [-0.05, 0) is 18.9 Å². The minimum absolute atomic E-state index is 0.00695. The van der Waals surface area contributed by atoms with E-state index in [0.29, 0.717) is 15.3 Å². The molecule has 28 heavy (non-hydrogen) atoms. The van der Waals surface area contributed by atoms with Crippen LogP contribution in [0.15, 0.2) is 18.2 Å². The summed E-state index contributed by atoms with van der Waals surface area (Å²) in [6.07, 6.45) is 3.41. The van der Waals surface area contributed by atoms with Crippen molar-refractivity contribution in [3.63, 3.8) is 0 Å². The number of carbonyl (C=O) groups excluding carboxylic acids is 3. The first-order chi connectivity index (χ1) is 13.4. The minimum Gasteiger partial charge on any atom is -0.302 e. The number of hydrogen-bond acceptors (Lipinski definition) is 7. The molecule has 9 nitrogen and oxygen atoms in total. The van der Waals surface area contributed by atoms with E-state index >= 15 is 0 Å². The van der Waals surface area contributed by atoms with Gasteiger partial charge in [0.2, 0.25) is 17.7 Å². The normalized spacial score (nSPS) is 21.8. The van der Waals surface area contributed by atoms with Gasteiger partial charge in [0, 0.05) is 25.1 Å². The highest BCUT2D eigenvalue weighted by atomic mass is 32.1. The topological polar surface area (TPSA) is 123 Å². The molecule has 1 N–H and O–H groups in total. The third kappa shape index (κ3) is 3.35. The number of nitrogens with zero attached hydrogens (tertiary/aromatic N) is 3. The molecule has 10 heteroatoms. The molecule has 1 saturated carbocycles. The summed E-state index contributed by atoms with van der Waals surface area (Å²) in [7, 11) is 0. The Bertz CT molecular complexity index is 964. The van der Waals surface area contributed by atoms with Crippen LogP contribution in [0.25, 0.3) is 10.2 Å². The van der Waals surface area contributed by atoms with E-state index in [2.05, 4.69) is 10.3 Å². The molecule has 2 fully saturated rings. The predicted octanol–water partition coefficient (Wildman–Crippen LogP) is 2.71. The number of fused-ring (bicyclic) bond motifs is 2. The Morgan fingerprint density at radius 3 is 2.57 bits per heavy atom. The van der Waals surface area contributed by atoms with Crippen LogP contribution in [-0.4, -0.2) is 39.1 Å². The molecule has 1 aliphatic heterocycles. The highest BCUT2D eigenvalue weighted by Crippen LogP contribution is 2.38. The summed E-state index contributed by atoms with van der Waals surface area (Å²) in [4.78, 5) is 52.9. The standard InChI is InChI=1S/C18H18N4O5S/c23-15(7-8-21-16(24)11-3-1-2-4-12(11)17(21)25)20-18-19-13-6-5-10(22(26)27)9-14(13)28-18/h5-6,9,11-12H,1-4,7-8H2,(H,19,20,23)/t11-,12-/m0/s1. The fourth-order valence-electron chi connectivity index (χ4n) is 3.93. The fraction of sp³-hybridized carbons (Fsp3) is 0.444. The maximum Gasteiger partial charge on any atom is 0.270 e. The second-order valence-electron chi connectivity index (χ2n) is 7.05. The van der Waals surface area contributed by atoms with Crippen LogP contribution in [0, 0.1) is 22.0 Å². The number of carbonyl (C=O) groups is 3. The maximum atomic E-state index is 12.4. The lowest BCUT2D eigenvalue weighted by Crippen LogP contribution is -2.34. The third-order valence-electron chi connectivity index (χ3n) is 5.32. The zero-order valence-electron chi connectivity index (χ0n) is 14.9. The van der Waals surface area contributed by atoms with Gasteiger partial charge >= 0.3 is 0 Å². The summed E-state index contributed by atoms with van der Waals surface area (Å²) in [5.74, 6) is -1.11. The number of aromatic nitrogens is 1. The van der Waals surface area contributed by atoms with E-state index < -0.39 is 4.92 Å². The van der Waals surface area contributed by atoms with Crippen molar-refractivity contribution in [1.82, 2.24) is 9.88 Å². The lowest BCUT2D eigenvalue weighted by atomic mass is 9.81. The van der Waals surface area contributed by atoms with Crippen LogP contribution < -0.4 is 5.32 Å². The van der Waals surface area contributed by atoms with Crippen LogP contribution in [0.2, 0.25) is 0 Å². The molecule has 1 saturated heterocycles. The molecule has 3 amide bonds. The second kappa shape index (κ2) is 7.27. The van der Waals surface area contributed by atoms with Crippen molar-refractivity contribution in [2.45, 2.75) is 32.1 Å². The number of hydrogen-bond donors (Lipinski definition) is 1. The number of imide groups is 1. The Morgan fingerprint density at radius 2 is 1.93 bits per heavy atom. The zero-order valence-corrected chi connectivity index (χ0v) is 15.7. The van der Waals surface area contributed by atoms with E-state index in [0.717, 1.165) is 37.0 Å². The van der Waals surface area contributed by atoms with Gasteiger partial charge in [0.1, 0.15) is 0 Å². The number of nitro benzene ring substituents is 1. The van der Waals surface area contributed by atoms with E-state index in [1.807, 2.05) is 0 Å². The molecule has 0 radical (unpaired) electrons. The zero-order chi connectivity index (χ0) is 19.8. The van der Waals surface area contributed by atoms with Crippen LogP contribution in [0.1, 0.15) is 32.1 Å². The molecule has 2 atom stereocenters. The van der Waals surface area contributed by atoms with E-state index in [9.17, 15) is 24.5 Å². The molecule has 2 aliphatic rings. The SMILES string of the molecule is O=C(CCN1C(=O)[C@H]2CCCC[C@@H]2C1=O)Nc1nc2ccc([N+](=O)[O-])cc2s1. The van der Waals surface area contributed by atoms with E-state index in [1.54, 1.807) is 0 Å². The van der Waals surface area contributed by atoms with Gasteiger partial charge < -0.3 is 5.32 Å². The van der Waals surface area contributed by atoms with Gasteiger partial charge in [-0.3, -0.25) is 29.4 Å². The third-order valence-corrected chi connectivity index (χ3v) is 6.26. The molecule has 2 aromatic rings. The molecule has 4 rings (SSSR count). The van der Waals surface area contributed by atoms with Gasteiger partial charge in [0.25, 0.3) is 5.69 Å². The number of rotatable bonds is 5. The van der Waals surface area contributed by atoms with Gasteiger partial charge in [-0.15, -0.1) is 0 Å². The lowest BCUT2D eigenvalue weighted by molar-refractivity contribution is -0.384. The van der Waals surface area contributed by atoms with E-state index in [1.165, 1.54) is 23.1 Å². The highest BCUT2D eigenvalue weighted by molar-refractivity contribution is 7.22. The summed E-state index contributed by atoms with van der Waals surface area (Å²) < 4.78 is 0.596. The number of nitro groups is 1. The van der Waals surface area contributed by atoms with Gasteiger partial charge in [-0.25, -0.2) is 4.98 Å². The molecule has 0 unspecified atom stereocenters. The number of thiazole rings is 1. The molecule has 1 aliphatic carbocycles. The van der Waals surface area contributed by atoms with Crippen molar-refractivity contribution in [2.75, 3.05) is 11.9 Å². The van der Waals surface area contributed by atoms with E-state index in [4.69, 9.17) is 0 Å². The van der Waals surface area contributed by atoms with Crippen molar-refractivity contribution >= 4 is 50.1 Å². The molecule has 146 valence electrons. The first kappa shape index (κ1) is 18.5. The first-order valence-corrected chi connectivity index (χ1v) is 9.96. The Hall–Kier alpha value is -2.88. The van der Waals surface area contributed by atoms with Crippen LogP contribution in [-0.2, 0) is 14.4 Å². The Morgan fingerprint density at radius 1 is 1.25 bits per heavy atom. The summed E-state index contributed by atoms with van der Waals surface area (Å²) in [6.45, 7) is 0.0624. The largest absolute Gasteiger partial charge is 0.302 e. The van der Waals surface area contributed by atoms with Gasteiger partial charge in [0.15, 0.2) is 5.13 Å². The predicted molar refractivity (Wildman–Crippen MR) is 102 cm³/mol. The first-order valence-electron chi connectivity index (χ1n) is 9.14. The second-order valence-corrected chi connectivity index (χ2v) is 8.08. The Balaban J connectivity index is 1.38. The highest BCUT2D eigenvalue weighted by Gasteiger charge is 2.47. The Kier molecular flexibility index (Phi) is 4.80. The van der Waals surface area contributed by atoms with Crippen LogP contribution in [0.4, 0.5) is 10.8 Å². The molecular formula is C18H18N4O5S. The fourth-order valence-corrected chi connectivity index (χ4v) is 4.84. The van der Waals surface area contributed by atoms with Gasteiger partial charge in [-0.2, -0.15) is 0 Å². The summed E-state index contributed by atoms with van der Waals surface area (Å²) in [5.41, 5.74) is 0.515. The molecular weight excluding hydrogens is 384 g/mol. The molecule has 0 bridgehead atoms. The number of non-ortho nitro benzene ring substituents is 1. The van der Waals surface area contributed by atoms with Gasteiger partial charge in [0.05, 0.1) is 27.0 Å². The average Bonchev–Trinajstić information content (AvgIpc) is 3.18. The van der Waals surface area contributed by atoms with Crippen LogP contribution >= 0.6 is 11.3 Å². The monoisotopic (exact) mass is 402 g/mol. The minimum atomic E-state index is -0.487. The van der Waals surface area contributed by atoms with Crippen LogP contribution in [0.3, 0.4) is 0 Å². The summed E-state index contributed by atoms with van der Waals surface area (Å²) in [6, 6.07) is 4.30. The number of likely N-dealkylation sites (tertiary alicyclic amines) is 1. The van der Waals surface area contributed by atoms with Crippen LogP contribution in [0.5, 0.6) is 0 Å². The molecule has 1 aromatic carbocycles. The van der Waals surface area contributed by atoms with Gasteiger partial charge in [-0.1, -0.05) is 24.2 Å². The smallest absolute Gasteiger partial charge is 0.270 e. The van der Waals surface area contributed by atoms with E-state index in [-0.39, 0.29) is 48.2 Å². The van der Waals surface area contributed by atoms with Crippen molar-refractivity contribution in [3.8, 4) is 0 Å². The van der Waals surface area contributed by atoms with Crippen molar-refractivity contribution in [2.24, 2.45) is 11.8 Å². The average molecular weight is 402 g/mol. The van der Waals surface area contributed by atoms with Crippen molar-refractivity contribution < 1.29 is 19.3 Å². The molecule has 1 aromatic heterocycles. The number of amides is 3. The Labute approximate surface area is 163 Å². The number of nitrogens with one attached hydrogen (secondary N) is 1. The quantitative estimate of drug-likeness (QED) is 0.466. The number of benzene rings is 1. The van der Waals surface area contributed by atoms with Crippen molar-refractivity contribution in [1.29, 1.82) is 0 Å². The molecule has 0 spiro atoms. The summed E-state index contributed by atoms with van der Waals surface area (Å²) in [5, 5.41) is 13.8. The molecule has 2 heterocycles.